The third-order valence-corrected chi connectivity index (χ3v) is 18.6. The minimum absolute atomic E-state index is 0.0761. The van der Waals surface area contributed by atoms with Crippen molar-refractivity contribution in [3.05, 3.63) is 109 Å². The Hall–Kier alpha value is -4.28. The SMILES string of the molecule is CC/C=C\C/C=C\C/C=C\CCCCCCCCCC(=O)OCC(COP(=O)(O)OCC(O)COP(=O)(O)OCC(COC(=O)CCCCCCCCC/C=C\C/C=C\C/C=C\CC)OC(=O)CCCCCCC/C=C\CCCCCC)OC(=O)CCCCCCC/C=C\C/C=C\CCCCC. The lowest BCUT2D eigenvalue weighted by Crippen LogP contribution is -2.30. The Morgan fingerprint density at radius 1 is 0.284 bits per heavy atom. The van der Waals surface area contributed by atoms with Crippen molar-refractivity contribution in [1.29, 1.82) is 0 Å². The summed E-state index contributed by atoms with van der Waals surface area (Å²) in [5.41, 5.74) is 0. The molecule has 19 heteroatoms. The number of carbonyl (C=O) groups is 4. The van der Waals surface area contributed by atoms with Crippen LogP contribution in [0.3, 0.4) is 0 Å². The minimum Gasteiger partial charge on any atom is -0.462 e. The fraction of sp³-hybridized carbons (Fsp3) is 0.735. The fourth-order valence-electron chi connectivity index (χ4n) is 10.6. The van der Waals surface area contributed by atoms with Gasteiger partial charge in [-0.3, -0.25) is 37.3 Å². The molecule has 0 aromatic rings. The van der Waals surface area contributed by atoms with E-state index in [1.165, 1.54) is 44.9 Å². The Kier molecular flexibility index (Phi) is 71.8. The van der Waals surface area contributed by atoms with Gasteiger partial charge < -0.3 is 33.8 Å². The second kappa shape index (κ2) is 75.0. The summed E-state index contributed by atoms with van der Waals surface area (Å²) < 4.78 is 68.6. The summed E-state index contributed by atoms with van der Waals surface area (Å²) in [7, 11) is -9.96. The number of rotatable bonds is 75. The monoisotopic (exact) mass is 1470 g/mol. The summed E-state index contributed by atoms with van der Waals surface area (Å²) in [5, 5.41) is 10.6. The molecule has 588 valence electrons. The number of aliphatic hydroxyl groups is 1. The summed E-state index contributed by atoms with van der Waals surface area (Å²) >= 11 is 0. The van der Waals surface area contributed by atoms with E-state index < -0.39 is 97.5 Å². The second-order valence-corrected chi connectivity index (χ2v) is 29.5. The summed E-state index contributed by atoms with van der Waals surface area (Å²) in [6.07, 6.45) is 80.6. The van der Waals surface area contributed by atoms with Gasteiger partial charge in [0.05, 0.1) is 26.4 Å². The van der Waals surface area contributed by atoms with Gasteiger partial charge in [0.15, 0.2) is 12.2 Å². The van der Waals surface area contributed by atoms with Gasteiger partial charge in [-0.25, -0.2) is 9.13 Å². The number of aliphatic hydroxyl groups excluding tert-OH is 1. The molecule has 5 unspecified atom stereocenters. The van der Waals surface area contributed by atoms with Gasteiger partial charge in [0.1, 0.15) is 19.3 Å². The molecule has 0 aliphatic carbocycles. The lowest BCUT2D eigenvalue weighted by molar-refractivity contribution is -0.161. The molecule has 0 aromatic heterocycles. The van der Waals surface area contributed by atoms with E-state index in [-0.39, 0.29) is 25.7 Å². The average Bonchev–Trinajstić information content (AvgIpc) is 0.939. The van der Waals surface area contributed by atoms with Gasteiger partial charge >= 0.3 is 39.5 Å². The predicted octanol–water partition coefficient (Wildman–Crippen LogP) is 23.3. The van der Waals surface area contributed by atoms with E-state index in [9.17, 15) is 43.2 Å². The zero-order chi connectivity index (χ0) is 74.6. The number of allylic oxidation sites excluding steroid dienone is 18. The van der Waals surface area contributed by atoms with Crippen molar-refractivity contribution in [2.24, 2.45) is 0 Å². The van der Waals surface area contributed by atoms with Crippen molar-refractivity contribution < 1.29 is 80.2 Å². The summed E-state index contributed by atoms with van der Waals surface area (Å²) in [6, 6.07) is 0. The van der Waals surface area contributed by atoms with Gasteiger partial charge in [0.2, 0.25) is 0 Å². The van der Waals surface area contributed by atoms with Crippen LogP contribution in [-0.2, 0) is 65.4 Å². The molecule has 102 heavy (non-hydrogen) atoms. The maximum Gasteiger partial charge on any atom is 0.472 e. The maximum atomic E-state index is 13.1. The van der Waals surface area contributed by atoms with Crippen LogP contribution >= 0.6 is 15.6 Å². The van der Waals surface area contributed by atoms with Gasteiger partial charge in [-0.1, -0.05) is 272 Å². The zero-order valence-electron chi connectivity index (χ0n) is 64.3. The summed E-state index contributed by atoms with van der Waals surface area (Å²) in [6.45, 7) is 4.60. The van der Waals surface area contributed by atoms with Crippen molar-refractivity contribution in [3.8, 4) is 0 Å². The van der Waals surface area contributed by atoms with Crippen LogP contribution in [0.25, 0.3) is 0 Å². The van der Waals surface area contributed by atoms with Crippen molar-refractivity contribution in [2.75, 3.05) is 39.6 Å². The molecular formula is C83H144O17P2. The van der Waals surface area contributed by atoms with Crippen LogP contribution in [0.5, 0.6) is 0 Å². The fourth-order valence-corrected chi connectivity index (χ4v) is 12.2. The van der Waals surface area contributed by atoms with E-state index in [1.54, 1.807) is 0 Å². The quantitative estimate of drug-likeness (QED) is 0.0169. The molecule has 0 rings (SSSR count). The number of esters is 4. The van der Waals surface area contributed by atoms with Gasteiger partial charge in [-0.2, -0.15) is 0 Å². The first kappa shape index (κ1) is 97.7. The molecule has 0 fully saturated rings. The Balaban J connectivity index is 5.36. The molecular weight excluding hydrogens is 1330 g/mol. The minimum atomic E-state index is -4.98. The largest absolute Gasteiger partial charge is 0.472 e. The molecule has 0 aromatic carbocycles. The maximum absolute atomic E-state index is 13.1. The number of carbonyl (C=O) groups excluding carboxylic acids is 4. The smallest absolute Gasteiger partial charge is 0.462 e. The second-order valence-electron chi connectivity index (χ2n) is 26.6. The molecule has 0 saturated heterocycles. The number of unbranched alkanes of at least 4 members (excludes halogenated alkanes) is 31. The van der Waals surface area contributed by atoms with Gasteiger partial charge in [0.25, 0.3) is 0 Å². The topological polar surface area (TPSA) is 237 Å². The van der Waals surface area contributed by atoms with Crippen LogP contribution in [0.15, 0.2) is 109 Å². The highest BCUT2D eigenvalue weighted by Gasteiger charge is 2.30. The van der Waals surface area contributed by atoms with E-state index in [4.69, 9.17) is 37.0 Å². The molecule has 0 aliphatic rings. The van der Waals surface area contributed by atoms with Crippen molar-refractivity contribution in [2.45, 2.75) is 354 Å². The zero-order valence-corrected chi connectivity index (χ0v) is 66.0. The lowest BCUT2D eigenvalue weighted by Gasteiger charge is -2.21. The van der Waals surface area contributed by atoms with E-state index in [1.807, 2.05) is 0 Å². The van der Waals surface area contributed by atoms with Gasteiger partial charge in [-0.15, -0.1) is 0 Å². The molecule has 0 amide bonds. The van der Waals surface area contributed by atoms with Crippen molar-refractivity contribution in [1.82, 2.24) is 0 Å². The highest BCUT2D eigenvalue weighted by atomic mass is 31.2. The van der Waals surface area contributed by atoms with E-state index in [2.05, 4.69) is 137 Å². The van der Waals surface area contributed by atoms with Crippen LogP contribution in [0.2, 0.25) is 0 Å². The molecule has 0 heterocycles. The van der Waals surface area contributed by atoms with Crippen LogP contribution in [0.1, 0.15) is 336 Å². The summed E-state index contributed by atoms with van der Waals surface area (Å²) in [4.78, 5) is 73.0. The Bertz CT molecular complexity index is 2360. The van der Waals surface area contributed by atoms with Crippen LogP contribution in [0, 0.1) is 0 Å². The Morgan fingerprint density at radius 2 is 0.510 bits per heavy atom. The highest BCUT2D eigenvalue weighted by Crippen LogP contribution is 2.45. The lowest BCUT2D eigenvalue weighted by atomic mass is 10.1. The van der Waals surface area contributed by atoms with Crippen molar-refractivity contribution in [3.63, 3.8) is 0 Å². The number of phosphoric ester groups is 2. The van der Waals surface area contributed by atoms with E-state index in [0.29, 0.717) is 25.7 Å². The standard InChI is InChI=1S/C83H144O17P2/c1-5-9-13-17-21-25-29-33-36-38-41-44-47-51-55-59-63-67-80(85)93-73-78(99-82(87)69-65-61-57-53-49-43-32-28-24-20-16-12-8-4)75-97-101(89,90)95-71-77(84)72-96-102(91,92)98-76-79(100-83(88)70-66-62-58-54-50-46-40-35-31-27-23-19-15-11-7-3)74-94-81(86)68-64-60-56-52-48-45-42-39-37-34-30-26-22-18-14-10-6-2/h9-10,13-14,21-23,25-28,32-37,40,77-79,84H,5-8,11-12,15-20,24,29-31,38-39,41-76H2,1-4H3,(H,89,90)(H,91,92)/b13-9-,14-10-,25-21-,26-22-,27-23-,32-28-,36-33-,37-34-,40-35-. The third kappa shape index (κ3) is 74.0. The third-order valence-electron chi connectivity index (χ3n) is 16.7. The highest BCUT2D eigenvalue weighted by molar-refractivity contribution is 7.47. The van der Waals surface area contributed by atoms with E-state index >= 15 is 0 Å². The first-order valence-electron chi connectivity index (χ1n) is 40.1. The number of hydrogen-bond acceptors (Lipinski definition) is 15. The Labute approximate surface area is 619 Å². The summed E-state index contributed by atoms with van der Waals surface area (Å²) in [5.74, 6) is -2.21. The molecule has 0 saturated carbocycles. The number of phosphoric acid groups is 2. The van der Waals surface area contributed by atoms with Crippen LogP contribution in [-0.4, -0.2) is 96.7 Å². The molecule has 5 atom stereocenters. The van der Waals surface area contributed by atoms with Gasteiger partial charge in [-0.05, 0) is 148 Å². The molecule has 17 nitrogen and oxygen atoms in total. The molecule has 0 spiro atoms. The molecule has 0 aliphatic heterocycles. The first-order chi connectivity index (χ1) is 49.7. The van der Waals surface area contributed by atoms with Crippen LogP contribution in [0.4, 0.5) is 0 Å². The number of hydrogen-bond donors (Lipinski definition) is 3. The van der Waals surface area contributed by atoms with Crippen LogP contribution < -0.4 is 0 Å². The van der Waals surface area contributed by atoms with Crippen molar-refractivity contribution >= 4 is 39.5 Å². The van der Waals surface area contributed by atoms with E-state index in [0.717, 1.165) is 212 Å². The molecule has 0 radical (unpaired) electrons. The normalized spacial score (nSPS) is 14.5. The van der Waals surface area contributed by atoms with Gasteiger partial charge in [0, 0.05) is 25.7 Å². The molecule has 0 bridgehead atoms. The Morgan fingerprint density at radius 3 is 0.814 bits per heavy atom. The molecule has 3 N–H and O–H groups in total. The average molecular weight is 1480 g/mol. The predicted molar refractivity (Wildman–Crippen MR) is 418 cm³/mol. The number of ether oxygens (including phenoxy) is 4. The first-order valence-corrected chi connectivity index (χ1v) is 43.1.